The fourth-order valence-electron chi connectivity index (χ4n) is 5.81. The van der Waals surface area contributed by atoms with E-state index in [0.717, 1.165) is 25.5 Å². The summed E-state index contributed by atoms with van der Waals surface area (Å²) in [5.74, 6) is 0.886. The second kappa shape index (κ2) is 4.90. The molecule has 0 saturated heterocycles. The number of hydrogen-bond acceptors (Lipinski definition) is 3. The van der Waals surface area contributed by atoms with Crippen LogP contribution < -0.4 is 0 Å². The highest BCUT2D eigenvalue weighted by Crippen LogP contribution is 2.64. The fourth-order valence-corrected chi connectivity index (χ4v) is 5.81. The second-order valence-corrected chi connectivity index (χ2v) is 8.65. The first kappa shape index (κ1) is 15.8. The highest BCUT2D eigenvalue weighted by Gasteiger charge is 2.64. The third kappa shape index (κ3) is 1.77. The third-order valence-corrected chi connectivity index (χ3v) is 7.52. The summed E-state index contributed by atoms with van der Waals surface area (Å²) >= 11 is 0. The van der Waals surface area contributed by atoms with Gasteiger partial charge in [-0.1, -0.05) is 26.0 Å². The molecule has 4 unspecified atom stereocenters. The summed E-state index contributed by atoms with van der Waals surface area (Å²) in [7, 11) is 1.79. The van der Waals surface area contributed by atoms with E-state index in [4.69, 9.17) is 0 Å². The van der Waals surface area contributed by atoms with Crippen LogP contribution in [-0.4, -0.2) is 36.5 Å². The van der Waals surface area contributed by atoms with Crippen LogP contribution in [0.25, 0.3) is 0 Å². The molecule has 24 heavy (non-hydrogen) atoms. The number of allylic oxidation sites excluding steroid dienone is 3. The van der Waals surface area contributed by atoms with Crippen molar-refractivity contribution in [2.45, 2.75) is 39.5 Å². The summed E-state index contributed by atoms with van der Waals surface area (Å²) in [5, 5.41) is 0. The Bertz CT molecular complexity index is 702. The smallest absolute Gasteiger partial charge is 0.250 e. The molecule has 0 N–H and O–H groups in total. The van der Waals surface area contributed by atoms with Crippen molar-refractivity contribution in [3.05, 3.63) is 23.3 Å². The summed E-state index contributed by atoms with van der Waals surface area (Å²) in [6.45, 7) is 4.85. The Labute approximate surface area is 143 Å². The van der Waals surface area contributed by atoms with Gasteiger partial charge in [-0.3, -0.25) is 14.4 Å². The van der Waals surface area contributed by atoms with Crippen LogP contribution in [0.3, 0.4) is 0 Å². The van der Waals surface area contributed by atoms with E-state index in [1.165, 1.54) is 0 Å². The minimum atomic E-state index is -0.405. The van der Waals surface area contributed by atoms with Crippen LogP contribution in [-0.2, 0) is 14.4 Å². The molecule has 4 rings (SSSR count). The molecule has 0 aliphatic heterocycles. The Kier molecular flexibility index (Phi) is 3.23. The van der Waals surface area contributed by atoms with Crippen molar-refractivity contribution < 1.29 is 14.4 Å². The van der Waals surface area contributed by atoms with E-state index in [9.17, 15) is 14.4 Å². The predicted octanol–water partition coefficient (Wildman–Crippen LogP) is 2.54. The maximum atomic E-state index is 13.0. The molecule has 0 heterocycles. The molecule has 0 aromatic carbocycles. The van der Waals surface area contributed by atoms with Crippen molar-refractivity contribution >= 4 is 18.0 Å². The Morgan fingerprint density at radius 2 is 2.04 bits per heavy atom. The van der Waals surface area contributed by atoms with Gasteiger partial charge in [-0.2, -0.15) is 0 Å². The summed E-state index contributed by atoms with van der Waals surface area (Å²) in [5.41, 5.74) is 0.860. The van der Waals surface area contributed by atoms with Crippen LogP contribution in [0.4, 0.5) is 0 Å². The normalized spacial score (nSPS) is 38.3. The highest BCUT2D eigenvalue weighted by atomic mass is 16.2. The van der Waals surface area contributed by atoms with Crippen LogP contribution in [0, 0.1) is 28.6 Å². The molecule has 0 aromatic heterocycles. The van der Waals surface area contributed by atoms with Crippen LogP contribution in [0.2, 0.25) is 0 Å². The van der Waals surface area contributed by atoms with Gasteiger partial charge >= 0.3 is 0 Å². The molecule has 4 atom stereocenters. The minimum absolute atomic E-state index is 0.0466. The van der Waals surface area contributed by atoms with Crippen molar-refractivity contribution in [3.8, 4) is 0 Å². The molecule has 0 radical (unpaired) electrons. The molecular formula is C20H25NO3. The largest absolute Gasteiger partial charge is 0.341 e. The van der Waals surface area contributed by atoms with E-state index in [1.54, 1.807) is 11.9 Å². The molecule has 2 fully saturated rings. The number of amides is 1. The quantitative estimate of drug-likeness (QED) is 0.589. The van der Waals surface area contributed by atoms with Gasteiger partial charge in [-0.05, 0) is 30.6 Å². The number of likely N-dealkylation sites (N-methyl/N-ethyl adjacent to an activating group) is 1. The van der Waals surface area contributed by atoms with Crippen molar-refractivity contribution in [1.29, 1.82) is 0 Å². The van der Waals surface area contributed by atoms with E-state index in [2.05, 4.69) is 13.8 Å². The van der Waals surface area contributed by atoms with Gasteiger partial charge in [0.05, 0.1) is 5.41 Å². The van der Waals surface area contributed by atoms with Crippen LogP contribution >= 0.6 is 0 Å². The number of carbonyl (C=O) groups excluding carboxylic acids is 3. The summed E-state index contributed by atoms with van der Waals surface area (Å²) < 4.78 is 0. The Morgan fingerprint density at radius 3 is 2.62 bits per heavy atom. The second-order valence-electron chi connectivity index (χ2n) is 8.65. The van der Waals surface area contributed by atoms with Gasteiger partial charge in [0.25, 0.3) is 5.91 Å². The van der Waals surface area contributed by atoms with Gasteiger partial charge < -0.3 is 4.90 Å². The Morgan fingerprint density at radius 1 is 1.33 bits per heavy atom. The number of carbonyl (C=O) groups is 3. The average Bonchev–Trinajstić information content (AvgIpc) is 3.24. The number of aldehydes is 1. The molecule has 4 aliphatic carbocycles. The number of hydrogen-bond donors (Lipinski definition) is 0. The SMILES string of the molecule is CN(CC12CCC(CC1=O)C2(C)C)C(=O)C1=C(C=O)C2C=CC1C2. The van der Waals surface area contributed by atoms with Crippen LogP contribution in [0.15, 0.2) is 23.3 Å². The zero-order valence-corrected chi connectivity index (χ0v) is 14.7. The molecule has 4 bridgehead atoms. The fraction of sp³-hybridized carbons (Fsp3) is 0.650. The third-order valence-electron chi connectivity index (χ3n) is 7.52. The standard InChI is InChI=1S/C20H25NO3/c1-19(2)14-6-7-20(19,16(23)9-14)11-21(3)18(24)17-13-5-4-12(8-13)15(17)10-22/h4-5,10,12-14H,6-9,11H2,1-3H3. The number of ketones is 1. The van der Waals surface area contributed by atoms with Gasteiger partial charge in [-0.25, -0.2) is 0 Å². The lowest BCUT2D eigenvalue weighted by molar-refractivity contribution is -0.135. The minimum Gasteiger partial charge on any atom is -0.341 e. The first-order valence-corrected chi connectivity index (χ1v) is 8.98. The summed E-state index contributed by atoms with van der Waals surface area (Å²) in [6, 6.07) is 0. The van der Waals surface area contributed by atoms with Gasteiger partial charge in [-0.15, -0.1) is 0 Å². The molecule has 128 valence electrons. The lowest BCUT2D eigenvalue weighted by Gasteiger charge is -2.39. The van der Waals surface area contributed by atoms with E-state index in [0.29, 0.717) is 35.8 Å². The van der Waals surface area contributed by atoms with Gasteiger partial charge in [0.2, 0.25) is 0 Å². The Balaban J connectivity index is 1.60. The lowest BCUT2D eigenvalue weighted by Crippen LogP contribution is -2.47. The topological polar surface area (TPSA) is 54.5 Å². The molecule has 4 heteroatoms. The van der Waals surface area contributed by atoms with Crippen molar-refractivity contribution in [3.63, 3.8) is 0 Å². The zero-order valence-electron chi connectivity index (χ0n) is 14.7. The first-order valence-electron chi connectivity index (χ1n) is 8.98. The van der Waals surface area contributed by atoms with E-state index < -0.39 is 5.41 Å². The molecule has 1 amide bonds. The molecule has 4 nitrogen and oxygen atoms in total. The van der Waals surface area contributed by atoms with E-state index in [-0.39, 0.29) is 23.2 Å². The Hall–Kier alpha value is -1.71. The van der Waals surface area contributed by atoms with E-state index >= 15 is 0 Å². The molecule has 4 aliphatic rings. The summed E-state index contributed by atoms with van der Waals surface area (Å²) in [6.07, 6.45) is 8.40. The highest BCUT2D eigenvalue weighted by molar-refractivity contribution is 6.02. The van der Waals surface area contributed by atoms with Crippen LogP contribution in [0.1, 0.15) is 39.5 Å². The molecule has 0 spiro atoms. The van der Waals surface area contributed by atoms with Gasteiger partial charge in [0.1, 0.15) is 12.1 Å². The maximum Gasteiger partial charge on any atom is 0.250 e. The van der Waals surface area contributed by atoms with Crippen LogP contribution in [0.5, 0.6) is 0 Å². The number of rotatable bonds is 4. The van der Waals surface area contributed by atoms with Crippen molar-refractivity contribution in [1.82, 2.24) is 4.90 Å². The molecule has 0 aromatic rings. The van der Waals surface area contributed by atoms with Crippen molar-refractivity contribution in [2.24, 2.45) is 28.6 Å². The average molecular weight is 327 g/mol. The van der Waals surface area contributed by atoms with Gasteiger partial charge in [0, 0.05) is 43.0 Å². The maximum absolute atomic E-state index is 13.0. The van der Waals surface area contributed by atoms with E-state index in [1.807, 2.05) is 12.2 Å². The number of Topliss-reactive ketones (excluding diaryl/α,β-unsaturated/α-hetero) is 1. The number of nitrogens with zero attached hydrogens (tertiary/aromatic N) is 1. The first-order chi connectivity index (χ1) is 11.3. The number of fused-ring (bicyclic) bond motifs is 4. The monoisotopic (exact) mass is 327 g/mol. The van der Waals surface area contributed by atoms with Gasteiger partial charge in [0.15, 0.2) is 0 Å². The molecular weight excluding hydrogens is 302 g/mol. The predicted molar refractivity (Wildman–Crippen MR) is 90.0 cm³/mol. The molecule has 2 saturated carbocycles. The summed E-state index contributed by atoms with van der Waals surface area (Å²) in [4.78, 5) is 38.9. The lowest BCUT2D eigenvalue weighted by atomic mass is 9.68. The van der Waals surface area contributed by atoms with Crippen molar-refractivity contribution in [2.75, 3.05) is 13.6 Å². The zero-order chi connectivity index (χ0) is 17.3.